The molecular formula is C18H17N3O3. The summed E-state index contributed by atoms with van der Waals surface area (Å²) in [6.07, 6.45) is 3.38. The highest BCUT2D eigenvalue weighted by Gasteiger charge is 2.10. The van der Waals surface area contributed by atoms with Crippen LogP contribution in [0.15, 0.2) is 45.9 Å². The van der Waals surface area contributed by atoms with Crippen molar-refractivity contribution in [3.05, 3.63) is 69.6 Å². The summed E-state index contributed by atoms with van der Waals surface area (Å²) in [6, 6.07) is 6.94. The lowest BCUT2D eigenvalue weighted by molar-refractivity contribution is -0.120. The fourth-order valence-corrected chi connectivity index (χ4v) is 2.42. The van der Waals surface area contributed by atoms with Gasteiger partial charge in [-0.3, -0.25) is 14.8 Å². The number of nitrogens with one attached hydrogen (secondary N) is 1. The van der Waals surface area contributed by atoms with Gasteiger partial charge in [0.05, 0.1) is 30.6 Å². The monoisotopic (exact) mass is 323 g/mol. The third kappa shape index (κ3) is 3.65. The van der Waals surface area contributed by atoms with Gasteiger partial charge >= 0.3 is 5.63 Å². The standard InChI is InChI=1S/C18H17N3O3/c1-11-3-4-15-13(7-18(23)24-16(15)5-11)6-17(22)21-10-14-9-19-12(2)8-20-14/h3-5,7-9H,6,10H2,1-2H3,(H,21,22). The Labute approximate surface area is 138 Å². The number of benzene rings is 1. The van der Waals surface area contributed by atoms with Gasteiger partial charge in [-0.25, -0.2) is 4.79 Å². The normalized spacial score (nSPS) is 10.8. The minimum Gasteiger partial charge on any atom is -0.423 e. The molecule has 0 atom stereocenters. The molecule has 0 fully saturated rings. The molecule has 6 heteroatoms. The minimum atomic E-state index is -0.458. The Bertz CT molecular complexity index is 946. The van der Waals surface area contributed by atoms with Crippen LogP contribution >= 0.6 is 0 Å². The highest BCUT2D eigenvalue weighted by atomic mass is 16.4. The van der Waals surface area contributed by atoms with Crippen LogP contribution < -0.4 is 10.9 Å². The number of carbonyl (C=O) groups is 1. The van der Waals surface area contributed by atoms with E-state index in [9.17, 15) is 9.59 Å². The highest BCUT2D eigenvalue weighted by molar-refractivity contribution is 5.87. The van der Waals surface area contributed by atoms with Gasteiger partial charge in [0.2, 0.25) is 5.91 Å². The van der Waals surface area contributed by atoms with Crippen LogP contribution in [0.1, 0.15) is 22.5 Å². The quantitative estimate of drug-likeness (QED) is 0.743. The second-order valence-corrected chi connectivity index (χ2v) is 5.69. The maximum Gasteiger partial charge on any atom is 0.336 e. The second kappa shape index (κ2) is 6.62. The summed E-state index contributed by atoms with van der Waals surface area (Å²) in [6.45, 7) is 4.06. The van der Waals surface area contributed by atoms with Crippen LogP contribution in [0, 0.1) is 13.8 Å². The van der Waals surface area contributed by atoms with Crippen molar-refractivity contribution in [3.63, 3.8) is 0 Å². The first-order valence-corrected chi connectivity index (χ1v) is 7.59. The number of hydrogen-bond donors (Lipinski definition) is 1. The molecule has 1 aromatic carbocycles. The summed E-state index contributed by atoms with van der Waals surface area (Å²) >= 11 is 0. The molecule has 1 amide bonds. The van der Waals surface area contributed by atoms with Crippen LogP contribution in [0.4, 0.5) is 0 Å². The molecule has 2 heterocycles. The van der Waals surface area contributed by atoms with E-state index in [0.29, 0.717) is 23.4 Å². The van der Waals surface area contributed by atoms with Gasteiger partial charge in [-0.15, -0.1) is 0 Å². The van der Waals surface area contributed by atoms with E-state index < -0.39 is 5.63 Å². The summed E-state index contributed by atoms with van der Waals surface area (Å²) in [4.78, 5) is 32.2. The SMILES string of the molecule is Cc1ccc2c(CC(=O)NCc3cnc(C)cn3)cc(=O)oc2c1. The molecule has 0 saturated carbocycles. The van der Waals surface area contributed by atoms with Crippen LogP contribution in [0.2, 0.25) is 0 Å². The number of aromatic nitrogens is 2. The predicted octanol–water partition coefficient (Wildman–Crippen LogP) is 2.06. The number of fused-ring (bicyclic) bond motifs is 1. The van der Waals surface area contributed by atoms with Gasteiger partial charge in [0.15, 0.2) is 0 Å². The van der Waals surface area contributed by atoms with Gasteiger partial charge in [0.25, 0.3) is 0 Å². The largest absolute Gasteiger partial charge is 0.423 e. The summed E-state index contributed by atoms with van der Waals surface area (Å²) in [5.41, 5.74) is 3.18. The molecule has 0 aliphatic heterocycles. The van der Waals surface area contributed by atoms with Gasteiger partial charge in [-0.2, -0.15) is 0 Å². The summed E-state index contributed by atoms with van der Waals surface area (Å²) in [5.74, 6) is -0.190. The predicted molar refractivity (Wildman–Crippen MR) is 89.5 cm³/mol. The van der Waals surface area contributed by atoms with Crippen LogP contribution in [0.3, 0.4) is 0 Å². The van der Waals surface area contributed by atoms with E-state index in [2.05, 4.69) is 15.3 Å². The zero-order valence-electron chi connectivity index (χ0n) is 13.5. The Morgan fingerprint density at radius 2 is 2.00 bits per heavy atom. The van der Waals surface area contributed by atoms with E-state index in [-0.39, 0.29) is 12.3 Å². The van der Waals surface area contributed by atoms with E-state index in [1.54, 1.807) is 18.5 Å². The zero-order valence-corrected chi connectivity index (χ0v) is 13.5. The number of carbonyl (C=O) groups excluding carboxylic acids is 1. The first-order valence-electron chi connectivity index (χ1n) is 7.59. The van der Waals surface area contributed by atoms with Crippen molar-refractivity contribution < 1.29 is 9.21 Å². The van der Waals surface area contributed by atoms with E-state index in [1.807, 2.05) is 26.0 Å². The third-order valence-corrected chi connectivity index (χ3v) is 3.64. The second-order valence-electron chi connectivity index (χ2n) is 5.69. The lowest BCUT2D eigenvalue weighted by Crippen LogP contribution is -2.25. The molecule has 0 unspecified atom stereocenters. The van der Waals surface area contributed by atoms with E-state index in [0.717, 1.165) is 16.6 Å². The van der Waals surface area contributed by atoms with E-state index in [4.69, 9.17) is 4.42 Å². The van der Waals surface area contributed by atoms with Crippen molar-refractivity contribution in [1.82, 2.24) is 15.3 Å². The lowest BCUT2D eigenvalue weighted by Gasteiger charge is -2.07. The molecule has 0 saturated heterocycles. The Balaban J connectivity index is 1.75. The Hall–Kier alpha value is -3.02. The molecule has 3 rings (SSSR count). The molecule has 122 valence electrons. The number of hydrogen-bond acceptors (Lipinski definition) is 5. The average molecular weight is 323 g/mol. The smallest absolute Gasteiger partial charge is 0.336 e. The molecule has 0 aliphatic rings. The van der Waals surface area contributed by atoms with Gasteiger partial charge in [0, 0.05) is 17.6 Å². The van der Waals surface area contributed by atoms with Gasteiger partial charge in [0.1, 0.15) is 5.58 Å². The average Bonchev–Trinajstić information content (AvgIpc) is 2.53. The van der Waals surface area contributed by atoms with E-state index >= 15 is 0 Å². The summed E-state index contributed by atoms with van der Waals surface area (Å²) in [7, 11) is 0. The fourth-order valence-electron chi connectivity index (χ4n) is 2.42. The van der Waals surface area contributed by atoms with Gasteiger partial charge < -0.3 is 9.73 Å². The van der Waals surface area contributed by atoms with Crippen molar-refractivity contribution in [2.45, 2.75) is 26.8 Å². The first-order chi connectivity index (χ1) is 11.5. The Kier molecular flexibility index (Phi) is 4.37. The maximum atomic E-state index is 12.2. The molecule has 0 bridgehead atoms. The Morgan fingerprint density at radius 1 is 1.17 bits per heavy atom. The molecule has 0 spiro atoms. The van der Waals surface area contributed by atoms with Crippen LogP contribution in [0.25, 0.3) is 11.0 Å². The third-order valence-electron chi connectivity index (χ3n) is 3.64. The maximum absolute atomic E-state index is 12.2. The summed E-state index contributed by atoms with van der Waals surface area (Å²) < 4.78 is 5.20. The molecule has 6 nitrogen and oxygen atoms in total. The minimum absolute atomic E-state index is 0.102. The number of nitrogens with zero attached hydrogens (tertiary/aromatic N) is 2. The number of amides is 1. The van der Waals surface area contributed by atoms with Crippen LogP contribution in [0.5, 0.6) is 0 Å². The van der Waals surface area contributed by atoms with Crippen molar-refractivity contribution in [2.24, 2.45) is 0 Å². The molecule has 24 heavy (non-hydrogen) atoms. The zero-order chi connectivity index (χ0) is 17.1. The molecular weight excluding hydrogens is 306 g/mol. The highest BCUT2D eigenvalue weighted by Crippen LogP contribution is 2.18. The molecule has 0 radical (unpaired) electrons. The first kappa shape index (κ1) is 15.9. The number of aryl methyl sites for hydroxylation is 2. The lowest BCUT2D eigenvalue weighted by atomic mass is 10.1. The van der Waals surface area contributed by atoms with Gasteiger partial charge in [-0.05, 0) is 31.0 Å². The fraction of sp³-hybridized carbons (Fsp3) is 0.222. The molecule has 3 aromatic rings. The van der Waals surface area contributed by atoms with Crippen molar-refractivity contribution in [2.75, 3.05) is 0 Å². The van der Waals surface area contributed by atoms with Crippen molar-refractivity contribution in [1.29, 1.82) is 0 Å². The molecule has 0 aliphatic carbocycles. The van der Waals surface area contributed by atoms with Crippen LogP contribution in [-0.2, 0) is 17.8 Å². The van der Waals surface area contributed by atoms with Crippen LogP contribution in [-0.4, -0.2) is 15.9 Å². The van der Waals surface area contributed by atoms with E-state index in [1.165, 1.54) is 6.07 Å². The topological polar surface area (TPSA) is 85.1 Å². The molecule has 1 N–H and O–H groups in total. The number of rotatable bonds is 4. The Morgan fingerprint density at radius 3 is 2.75 bits per heavy atom. The van der Waals surface area contributed by atoms with Crippen molar-refractivity contribution in [3.8, 4) is 0 Å². The molecule has 2 aromatic heterocycles. The van der Waals surface area contributed by atoms with Gasteiger partial charge in [-0.1, -0.05) is 12.1 Å². The van der Waals surface area contributed by atoms with Crippen molar-refractivity contribution >= 4 is 16.9 Å². The summed E-state index contributed by atoms with van der Waals surface area (Å²) in [5, 5.41) is 3.56.